The standard InChI is InChI=1S/C16H24BrNO/c1-12-6-5-9-16(19,10-12)11-18-13(2)14-7-3-4-8-15(14)17/h3-4,7-8,12-13,18-19H,5-6,9-11H2,1-2H3. The Balaban J connectivity index is 1.93. The fraction of sp³-hybridized carbons (Fsp3) is 0.625. The van der Waals surface area contributed by atoms with Gasteiger partial charge in [-0.1, -0.05) is 53.9 Å². The molecule has 1 aliphatic rings. The molecule has 1 aromatic carbocycles. The van der Waals surface area contributed by atoms with E-state index in [-0.39, 0.29) is 6.04 Å². The van der Waals surface area contributed by atoms with Crippen LogP contribution >= 0.6 is 15.9 Å². The zero-order chi connectivity index (χ0) is 13.9. The molecule has 106 valence electrons. The third kappa shape index (κ3) is 4.04. The predicted octanol–water partition coefficient (Wildman–Crippen LogP) is 4.04. The summed E-state index contributed by atoms with van der Waals surface area (Å²) >= 11 is 3.58. The van der Waals surface area contributed by atoms with Crippen molar-refractivity contribution in [3.63, 3.8) is 0 Å². The van der Waals surface area contributed by atoms with E-state index in [0.717, 1.165) is 23.7 Å². The molecule has 1 saturated carbocycles. The zero-order valence-corrected chi connectivity index (χ0v) is 13.4. The summed E-state index contributed by atoms with van der Waals surface area (Å²) in [6.45, 7) is 5.07. The Hall–Kier alpha value is -0.380. The van der Waals surface area contributed by atoms with Crippen LogP contribution in [0.25, 0.3) is 0 Å². The fourth-order valence-corrected chi connectivity index (χ4v) is 3.70. The molecule has 0 radical (unpaired) electrons. The first kappa shape index (κ1) is 15.0. The lowest BCUT2D eigenvalue weighted by Crippen LogP contribution is -2.44. The van der Waals surface area contributed by atoms with Gasteiger partial charge in [-0.15, -0.1) is 0 Å². The average molecular weight is 326 g/mol. The summed E-state index contributed by atoms with van der Waals surface area (Å²) in [5.41, 5.74) is 0.725. The Morgan fingerprint density at radius 2 is 2.21 bits per heavy atom. The largest absolute Gasteiger partial charge is 0.389 e. The van der Waals surface area contributed by atoms with Crippen LogP contribution in [-0.4, -0.2) is 17.3 Å². The normalized spacial score (nSPS) is 29.2. The summed E-state index contributed by atoms with van der Waals surface area (Å²) in [4.78, 5) is 0. The minimum atomic E-state index is -0.521. The van der Waals surface area contributed by atoms with Crippen molar-refractivity contribution in [1.29, 1.82) is 0 Å². The lowest BCUT2D eigenvalue weighted by Gasteiger charge is -2.36. The zero-order valence-electron chi connectivity index (χ0n) is 11.8. The third-order valence-corrected chi connectivity index (χ3v) is 4.90. The van der Waals surface area contributed by atoms with Crippen LogP contribution in [0.4, 0.5) is 0 Å². The van der Waals surface area contributed by atoms with Gasteiger partial charge in [-0.05, 0) is 37.3 Å². The minimum absolute atomic E-state index is 0.247. The number of nitrogens with one attached hydrogen (secondary N) is 1. The molecule has 1 fully saturated rings. The van der Waals surface area contributed by atoms with E-state index >= 15 is 0 Å². The summed E-state index contributed by atoms with van der Waals surface area (Å²) in [5, 5.41) is 14.1. The van der Waals surface area contributed by atoms with Gasteiger partial charge in [-0.25, -0.2) is 0 Å². The van der Waals surface area contributed by atoms with Gasteiger partial charge in [0.05, 0.1) is 5.60 Å². The molecule has 0 bridgehead atoms. The number of hydrogen-bond acceptors (Lipinski definition) is 2. The van der Waals surface area contributed by atoms with Crippen molar-refractivity contribution >= 4 is 15.9 Å². The molecule has 0 heterocycles. The SMILES string of the molecule is CC1CCCC(O)(CNC(C)c2ccccc2Br)C1. The van der Waals surface area contributed by atoms with Crippen LogP contribution in [0.2, 0.25) is 0 Å². The summed E-state index contributed by atoms with van der Waals surface area (Å²) in [6, 6.07) is 8.50. The maximum atomic E-state index is 10.6. The second-order valence-corrected chi connectivity index (χ2v) is 6.90. The van der Waals surface area contributed by atoms with Gasteiger partial charge in [0.2, 0.25) is 0 Å². The van der Waals surface area contributed by atoms with Gasteiger partial charge in [-0.3, -0.25) is 0 Å². The van der Waals surface area contributed by atoms with Crippen molar-refractivity contribution in [2.75, 3.05) is 6.54 Å². The van der Waals surface area contributed by atoms with Crippen molar-refractivity contribution in [1.82, 2.24) is 5.32 Å². The highest BCUT2D eigenvalue weighted by Crippen LogP contribution is 2.32. The maximum absolute atomic E-state index is 10.6. The first-order valence-electron chi connectivity index (χ1n) is 7.20. The van der Waals surface area contributed by atoms with Crippen molar-refractivity contribution in [2.24, 2.45) is 5.92 Å². The maximum Gasteiger partial charge on any atom is 0.0774 e. The van der Waals surface area contributed by atoms with E-state index in [1.165, 1.54) is 12.0 Å². The van der Waals surface area contributed by atoms with Crippen molar-refractivity contribution in [3.8, 4) is 0 Å². The Morgan fingerprint density at radius 1 is 1.47 bits per heavy atom. The highest BCUT2D eigenvalue weighted by Gasteiger charge is 2.32. The Labute approximate surface area is 124 Å². The average Bonchev–Trinajstić information content (AvgIpc) is 2.36. The predicted molar refractivity (Wildman–Crippen MR) is 83.1 cm³/mol. The van der Waals surface area contributed by atoms with E-state index in [1.807, 2.05) is 6.07 Å². The summed E-state index contributed by atoms with van der Waals surface area (Å²) < 4.78 is 1.12. The highest BCUT2D eigenvalue weighted by molar-refractivity contribution is 9.10. The van der Waals surface area contributed by atoms with Crippen LogP contribution in [0.5, 0.6) is 0 Å². The molecule has 1 aliphatic carbocycles. The van der Waals surface area contributed by atoms with E-state index in [9.17, 15) is 5.11 Å². The molecular formula is C16H24BrNO. The number of hydrogen-bond donors (Lipinski definition) is 2. The number of halogens is 1. The molecule has 2 rings (SSSR count). The molecule has 0 spiro atoms. The van der Waals surface area contributed by atoms with E-state index in [2.05, 4.69) is 53.3 Å². The van der Waals surface area contributed by atoms with E-state index < -0.39 is 5.60 Å². The third-order valence-electron chi connectivity index (χ3n) is 4.18. The van der Waals surface area contributed by atoms with Crippen LogP contribution in [0.3, 0.4) is 0 Å². The molecule has 3 atom stereocenters. The lowest BCUT2D eigenvalue weighted by molar-refractivity contribution is -0.0134. The Bertz CT molecular complexity index is 423. The molecule has 0 saturated heterocycles. The van der Waals surface area contributed by atoms with E-state index in [0.29, 0.717) is 12.5 Å². The monoisotopic (exact) mass is 325 g/mol. The topological polar surface area (TPSA) is 32.3 Å². The molecular weight excluding hydrogens is 302 g/mol. The molecule has 0 aromatic heterocycles. The highest BCUT2D eigenvalue weighted by atomic mass is 79.9. The molecule has 2 nitrogen and oxygen atoms in total. The van der Waals surface area contributed by atoms with Gasteiger partial charge in [0.1, 0.15) is 0 Å². The first-order valence-corrected chi connectivity index (χ1v) is 8.00. The van der Waals surface area contributed by atoms with Gasteiger partial charge in [0.15, 0.2) is 0 Å². The molecule has 3 unspecified atom stereocenters. The van der Waals surface area contributed by atoms with Crippen LogP contribution in [0.1, 0.15) is 51.1 Å². The number of rotatable bonds is 4. The van der Waals surface area contributed by atoms with Gasteiger partial charge in [0, 0.05) is 17.1 Å². The molecule has 3 heteroatoms. The first-order chi connectivity index (χ1) is 9.00. The summed E-state index contributed by atoms with van der Waals surface area (Å²) in [6.07, 6.45) is 4.24. The second-order valence-electron chi connectivity index (χ2n) is 6.05. The number of aliphatic hydroxyl groups is 1. The molecule has 19 heavy (non-hydrogen) atoms. The summed E-state index contributed by atoms with van der Waals surface area (Å²) in [5.74, 6) is 0.638. The Morgan fingerprint density at radius 3 is 2.89 bits per heavy atom. The molecule has 0 aliphatic heterocycles. The van der Waals surface area contributed by atoms with Crippen LogP contribution in [-0.2, 0) is 0 Å². The Kier molecular flexibility index (Phi) is 5.04. The van der Waals surface area contributed by atoms with Crippen molar-refractivity contribution in [2.45, 2.75) is 51.2 Å². The van der Waals surface area contributed by atoms with Gasteiger partial charge < -0.3 is 10.4 Å². The number of benzene rings is 1. The summed E-state index contributed by atoms with van der Waals surface area (Å²) in [7, 11) is 0. The molecule has 2 N–H and O–H groups in total. The fourth-order valence-electron chi connectivity index (χ4n) is 3.07. The smallest absolute Gasteiger partial charge is 0.0774 e. The van der Waals surface area contributed by atoms with Crippen LogP contribution in [0.15, 0.2) is 28.7 Å². The molecule has 0 amide bonds. The quantitative estimate of drug-likeness (QED) is 0.875. The van der Waals surface area contributed by atoms with Crippen LogP contribution in [0, 0.1) is 5.92 Å². The second kappa shape index (κ2) is 6.38. The van der Waals surface area contributed by atoms with Gasteiger partial charge in [-0.2, -0.15) is 0 Å². The lowest BCUT2D eigenvalue weighted by atomic mass is 9.79. The van der Waals surface area contributed by atoms with E-state index in [1.54, 1.807) is 0 Å². The van der Waals surface area contributed by atoms with E-state index in [4.69, 9.17) is 0 Å². The van der Waals surface area contributed by atoms with Crippen molar-refractivity contribution < 1.29 is 5.11 Å². The van der Waals surface area contributed by atoms with Crippen molar-refractivity contribution in [3.05, 3.63) is 34.3 Å². The van der Waals surface area contributed by atoms with Gasteiger partial charge >= 0.3 is 0 Å². The van der Waals surface area contributed by atoms with Crippen LogP contribution < -0.4 is 5.32 Å². The minimum Gasteiger partial charge on any atom is -0.389 e. The molecule has 1 aromatic rings. The van der Waals surface area contributed by atoms with Gasteiger partial charge in [0.25, 0.3) is 0 Å².